The van der Waals surface area contributed by atoms with Crippen molar-refractivity contribution in [3.63, 3.8) is 0 Å². The molecule has 2 rings (SSSR count). The third kappa shape index (κ3) is 3.56. The van der Waals surface area contributed by atoms with Crippen molar-refractivity contribution in [2.45, 2.75) is 32.8 Å². The predicted molar refractivity (Wildman–Crippen MR) is 77.5 cm³/mol. The van der Waals surface area contributed by atoms with E-state index in [1.807, 2.05) is 13.1 Å². The van der Waals surface area contributed by atoms with Gasteiger partial charge in [0.05, 0.1) is 0 Å². The molecule has 1 aromatic rings. The van der Waals surface area contributed by atoms with Gasteiger partial charge in [-0.05, 0) is 25.7 Å². The van der Waals surface area contributed by atoms with Gasteiger partial charge in [0.2, 0.25) is 0 Å². The molecule has 1 aliphatic rings. The van der Waals surface area contributed by atoms with Crippen LogP contribution in [0.4, 0.5) is 11.6 Å². The van der Waals surface area contributed by atoms with Gasteiger partial charge in [-0.25, -0.2) is 9.97 Å². The Bertz CT molecular complexity index is 406. The molecule has 19 heavy (non-hydrogen) atoms. The van der Waals surface area contributed by atoms with E-state index in [9.17, 15) is 0 Å². The Morgan fingerprint density at radius 1 is 1.42 bits per heavy atom. The van der Waals surface area contributed by atoms with Gasteiger partial charge < -0.3 is 15.0 Å². The zero-order valence-electron chi connectivity index (χ0n) is 12.1. The minimum Gasteiger partial charge on any atom is -0.377 e. The molecule has 1 N–H and O–H groups in total. The fourth-order valence-electron chi connectivity index (χ4n) is 2.34. The minimum atomic E-state index is 0.448. The van der Waals surface area contributed by atoms with Gasteiger partial charge in [-0.3, -0.25) is 0 Å². The van der Waals surface area contributed by atoms with Crippen LogP contribution in [0.25, 0.3) is 0 Å². The summed E-state index contributed by atoms with van der Waals surface area (Å²) in [6.45, 7) is 4.70. The quantitative estimate of drug-likeness (QED) is 0.819. The average Bonchev–Trinajstić information content (AvgIpc) is 2.37. The monoisotopic (exact) mass is 264 g/mol. The lowest BCUT2D eigenvalue weighted by atomic mass is 9.85. The van der Waals surface area contributed by atoms with Gasteiger partial charge in [0.1, 0.15) is 18.2 Å². The first-order chi connectivity index (χ1) is 9.26. The molecule has 0 aliphatic heterocycles. The van der Waals surface area contributed by atoms with Gasteiger partial charge in [-0.15, -0.1) is 0 Å². The molecule has 5 heteroatoms. The number of anilines is 2. The van der Waals surface area contributed by atoms with Gasteiger partial charge in [0, 0.05) is 33.3 Å². The standard InChI is InChI=1S/C14H24N4O/c1-4-18(9-11-6-5-7-11)14-8-12(15-2)16-13(17-14)10-19-3/h8,11H,4-7,9-10H2,1-3H3,(H,15,16,17). The first-order valence-electron chi connectivity index (χ1n) is 7.06. The molecule has 1 fully saturated rings. The lowest BCUT2D eigenvalue weighted by Gasteiger charge is -2.32. The average molecular weight is 264 g/mol. The Morgan fingerprint density at radius 3 is 2.74 bits per heavy atom. The number of methoxy groups -OCH3 is 1. The first-order valence-corrected chi connectivity index (χ1v) is 7.06. The molecule has 0 aromatic carbocycles. The summed E-state index contributed by atoms with van der Waals surface area (Å²) in [6.07, 6.45) is 4.08. The van der Waals surface area contributed by atoms with Crippen molar-refractivity contribution in [2.24, 2.45) is 5.92 Å². The fraction of sp³-hybridized carbons (Fsp3) is 0.714. The van der Waals surface area contributed by atoms with E-state index in [2.05, 4.69) is 27.1 Å². The van der Waals surface area contributed by atoms with Crippen LogP contribution in [-0.4, -0.2) is 37.2 Å². The maximum absolute atomic E-state index is 5.14. The Balaban J connectivity index is 2.16. The highest BCUT2D eigenvalue weighted by Crippen LogP contribution is 2.28. The number of nitrogens with zero attached hydrogens (tertiary/aromatic N) is 3. The molecule has 0 atom stereocenters. The predicted octanol–water partition coefficient (Wildman–Crippen LogP) is 2.29. The molecule has 0 saturated heterocycles. The lowest BCUT2D eigenvalue weighted by molar-refractivity contribution is 0.178. The van der Waals surface area contributed by atoms with Crippen molar-refractivity contribution in [2.75, 3.05) is 37.5 Å². The molecule has 5 nitrogen and oxygen atoms in total. The molecule has 1 aromatic heterocycles. The third-order valence-corrected chi connectivity index (χ3v) is 3.70. The third-order valence-electron chi connectivity index (χ3n) is 3.70. The van der Waals surface area contributed by atoms with Crippen LogP contribution in [0.1, 0.15) is 32.0 Å². The van der Waals surface area contributed by atoms with Gasteiger partial charge >= 0.3 is 0 Å². The highest BCUT2D eigenvalue weighted by Gasteiger charge is 2.21. The Hall–Kier alpha value is -1.36. The summed E-state index contributed by atoms with van der Waals surface area (Å²) in [6, 6.07) is 2.02. The van der Waals surface area contributed by atoms with Gasteiger partial charge in [-0.2, -0.15) is 0 Å². The van der Waals surface area contributed by atoms with Crippen LogP contribution in [0.15, 0.2) is 6.07 Å². The molecule has 0 radical (unpaired) electrons. The lowest BCUT2D eigenvalue weighted by Crippen LogP contribution is -2.33. The summed E-state index contributed by atoms with van der Waals surface area (Å²) in [4.78, 5) is 11.3. The first kappa shape index (κ1) is 14.1. The van der Waals surface area contributed by atoms with Gasteiger partial charge in [-0.1, -0.05) is 6.42 Å². The maximum atomic E-state index is 5.14. The molecule has 0 bridgehead atoms. The van der Waals surface area contributed by atoms with Crippen LogP contribution in [0.5, 0.6) is 0 Å². The number of hydrogen-bond donors (Lipinski definition) is 1. The van der Waals surface area contributed by atoms with Crippen molar-refractivity contribution < 1.29 is 4.74 Å². The van der Waals surface area contributed by atoms with Gasteiger partial charge in [0.25, 0.3) is 0 Å². The summed E-state index contributed by atoms with van der Waals surface area (Å²) < 4.78 is 5.14. The number of aromatic nitrogens is 2. The fourth-order valence-corrected chi connectivity index (χ4v) is 2.34. The van der Waals surface area contributed by atoms with E-state index >= 15 is 0 Å². The summed E-state index contributed by atoms with van der Waals surface area (Å²) in [5, 5.41) is 3.09. The second-order valence-electron chi connectivity index (χ2n) is 5.05. The van der Waals surface area contributed by atoms with E-state index in [0.29, 0.717) is 6.61 Å². The van der Waals surface area contributed by atoms with E-state index in [1.165, 1.54) is 19.3 Å². The van der Waals surface area contributed by atoms with Crippen molar-refractivity contribution >= 4 is 11.6 Å². The minimum absolute atomic E-state index is 0.448. The molecule has 106 valence electrons. The highest BCUT2D eigenvalue weighted by molar-refractivity contribution is 5.49. The van der Waals surface area contributed by atoms with E-state index in [4.69, 9.17) is 4.74 Å². The smallest absolute Gasteiger partial charge is 0.158 e. The zero-order chi connectivity index (χ0) is 13.7. The van der Waals surface area contributed by atoms with Crippen LogP contribution < -0.4 is 10.2 Å². The zero-order valence-corrected chi connectivity index (χ0v) is 12.1. The van der Waals surface area contributed by atoms with Crippen LogP contribution in [-0.2, 0) is 11.3 Å². The topological polar surface area (TPSA) is 50.3 Å². The number of nitrogens with one attached hydrogen (secondary N) is 1. The van der Waals surface area contributed by atoms with Gasteiger partial charge in [0.15, 0.2) is 5.82 Å². The number of hydrogen-bond acceptors (Lipinski definition) is 5. The summed E-state index contributed by atoms with van der Waals surface area (Å²) >= 11 is 0. The molecule has 0 amide bonds. The van der Waals surface area contributed by atoms with E-state index in [0.717, 1.165) is 36.5 Å². The van der Waals surface area contributed by atoms with Crippen molar-refractivity contribution in [1.82, 2.24) is 9.97 Å². The molecule has 1 heterocycles. The number of ether oxygens (including phenoxy) is 1. The van der Waals surface area contributed by atoms with Crippen LogP contribution in [0.2, 0.25) is 0 Å². The summed E-state index contributed by atoms with van der Waals surface area (Å²) in [5.74, 6) is 3.42. The van der Waals surface area contributed by atoms with Crippen molar-refractivity contribution in [3.05, 3.63) is 11.9 Å². The molecule has 0 unspecified atom stereocenters. The SMILES string of the molecule is CCN(CC1CCC1)c1cc(NC)nc(COC)n1. The van der Waals surface area contributed by atoms with Crippen LogP contribution in [0, 0.1) is 5.92 Å². The van der Waals surface area contributed by atoms with Crippen LogP contribution in [0.3, 0.4) is 0 Å². The normalized spacial score (nSPS) is 15.1. The number of rotatable bonds is 7. The van der Waals surface area contributed by atoms with Crippen LogP contribution >= 0.6 is 0 Å². The second-order valence-corrected chi connectivity index (χ2v) is 5.05. The van der Waals surface area contributed by atoms with E-state index < -0.39 is 0 Å². The molecule has 1 saturated carbocycles. The maximum Gasteiger partial charge on any atom is 0.158 e. The molecule has 0 spiro atoms. The Morgan fingerprint density at radius 2 is 2.21 bits per heavy atom. The molecular weight excluding hydrogens is 240 g/mol. The Kier molecular flexibility index (Phi) is 4.96. The molecule has 1 aliphatic carbocycles. The van der Waals surface area contributed by atoms with Crippen molar-refractivity contribution in [1.29, 1.82) is 0 Å². The summed E-state index contributed by atoms with van der Waals surface area (Å²) in [5.41, 5.74) is 0. The van der Waals surface area contributed by atoms with E-state index in [-0.39, 0.29) is 0 Å². The van der Waals surface area contributed by atoms with Crippen molar-refractivity contribution in [3.8, 4) is 0 Å². The van der Waals surface area contributed by atoms with E-state index in [1.54, 1.807) is 7.11 Å². The highest BCUT2D eigenvalue weighted by atomic mass is 16.5. The Labute approximate surface area is 115 Å². The summed E-state index contributed by atoms with van der Waals surface area (Å²) in [7, 11) is 3.55. The largest absolute Gasteiger partial charge is 0.377 e. The second kappa shape index (κ2) is 6.70. The molecular formula is C14H24N4O.